The first kappa shape index (κ1) is 13.8. The molecule has 0 unspecified atom stereocenters. The lowest BCUT2D eigenvalue weighted by atomic mass is 10.0. The molecule has 104 valence electrons. The van der Waals surface area contributed by atoms with E-state index in [1.807, 2.05) is 0 Å². The summed E-state index contributed by atoms with van der Waals surface area (Å²) in [6.07, 6.45) is 1.92. The lowest BCUT2D eigenvalue weighted by Crippen LogP contribution is -2.21. The van der Waals surface area contributed by atoms with Crippen molar-refractivity contribution in [3.8, 4) is 5.75 Å². The molecule has 5 heteroatoms. The van der Waals surface area contributed by atoms with Crippen molar-refractivity contribution in [2.45, 2.75) is 12.8 Å². The van der Waals surface area contributed by atoms with Crippen molar-refractivity contribution in [2.24, 2.45) is 5.92 Å². The monoisotopic (exact) mass is 268 g/mol. The average Bonchev–Trinajstić information content (AvgIpc) is 2.45. The zero-order valence-electron chi connectivity index (χ0n) is 10.9. The number of benzene rings is 1. The lowest BCUT2D eigenvalue weighted by molar-refractivity contribution is 0.0496. The highest BCUT2D eigenvalue weighted by atomic mass is 19.1. The van der Waals surface area contributed by atoms with Gasteiger partial charge in [-0.25, -0.2) is 9.18 Å². The number of carbonyl (C=O) groups is 1. The van der Waals surface area contributed by atoms with E-state index in [1.165, 1.54) is 19.2 Å². The molecule has 0 saturated carbocycles. The first-order chi connectivity index (χ1) is 9.20. The van der Waals surface area contributed by atoms with Crippen LogP contribution in [0.1, 0.15) is 23.2 Å². The Kier molecular flexibility index (Phi) is 4.74. The molecule has 19 heavy (non-hydrogen) atoms. The molecule has 1 aromatic carbocycles. The van der Waals surface area contributed by atoms with Gasteiger partial charge in [0.1, 0.15) is 11.6 Å². The second-order valence-electron chi connectivity index (χ2n) is 4.50. The van der Waals surface area contributed by atoms with Crippen LogP contribution in [-0.4, -0.2) is 32.9 Å². The Morgan fingerprint density at radius 3 is 2.79 bits per heavy atom. The third-order valence-corrected chi connectivity index (χ3v) is 3.17. The lowest BCUT2D eigenvalue weighted by Gasteiger charge is -2.22. The van der Waals surface area contributed by atoms with E-state index >= 15 is 0 Å². The number of methoxy groups -OCH3 is 1. The summed E-state index contributed by atoms with van der Waals surface area (Å²) < 4.78 is 28.9. The molecule has 1 aliphatic heterocycles. The van der Waals surface area contributed by atoms with Crippen molar-refractivity contribution in [1.82, 2.24) is 0 Å². The van der Waals surface area contributed by atoms with Gasteiger partial charge in [0.2, 0.25) is 0 Å². The summed E-state index contributed by atoms with van der Waals surface area (Å²) in [5.41, 5.74) is -0.0825. The van der Waals surface area contributed by atoms with E-state index in [0.717, 1.165) is 26.1 Å². The molecule has 1 fully saturated rings. The summed E-state index contributed by atoms with van der Waals surface area (Å²) in [6, 6.07) is 4.17. The minimum atomic E-state index is -0.687. The average molecular weight is 268 g/mol. The molecule has 1 saturated heterocycles. The van der Waals surface area contributed by atoms with Crippen molar-refractivity contribution in [2.75, 3.05) is 26.9 Å². The van der Waals surface area contributed by atoms with Crippen LogP contribution >= 0.6 is 0 Å². The fourth-order valence-corrected chi connectivity index (χ4v) is 1.99. The van der Waals surface area contributed by atoms with E-state index in [9.17, 15) is 9.18 Å². The van der Waals surface area contributed by atoms with Gasteiger partial charge in [-0.2, -0.15) is 0 Å². The highest BCUT2D eigenvalue weighted by molar-refractivity contribution is 5.89. The molecule has 1 heterocycles. The van der Waals surface area contributed by atoms with Gasteiger partial charge < -0.3 is 14.2 Å². The molecule has 0 N–H and O–H groups in total. The number of esters is 1. The first-order valence-corrected chi connectivity index (χ1v) is 6.29. The Hall–Kier alpha value is -1.62. The Morgan fingerprint density at radius 1 is 1.42 bits per heavy atom. The zero-order chi connectivity index (χ0) is 13.7. The minimum Gasteiger partial charge on any atom is -0.493 e. The fraction of sp³-hybridized carbons (Fsp3) is 0.500. The van der Waals surface area contributed by atoms with Gasteiger partial charge in [0, 0.05) is 19.3 Å². The van der Waals surface area contributed by atoms with E-state index < -0.39 is 11.8 Å². The topological polar surface area (TPSA) is 44.8 Å². The van der Waals surface area contributed by atoms with E-state index in [4.69, 9.17) is 9.47 Å². The molecule has 0 amide bonds. The van der Waals surface area contributed by atoms with Crippen molar-refractivity contribution >= 4 is 5.97 Å². The van der Waals surface area contributed by atoms with Crippen LogP contribution in [0, 0.1) is 11.7 Å². The highest BCUT2D eigenvalue weighted by Gasteiger charge is 2.16. The molecule has 0 radical (unpaired) electrons. The fourth-order valence-electron chi connectivity index (χ4n) is 1.99. The molecule has 2 rings (SSSR count). The molecule has 0 bridgehead atoms. The number of rotatable bonds is 4. The number of hydrogen-bond donors (Lipinski definition) is 0. The maximum Gasteiger partial charge on any atom is 0.340 e. The van der Waals surface area contributed by atoms with E-state index in [2.05, 4.69) is 4.74 Å². The van der Waals surface area contributed by atoms with Gasteiger partial charge in [0.15, 0.2) is 0 Å². The van der Waals surface area contributed by atoms with Crippen LogP contribution in [0.3, 0.4) is 0 Å². The van der Waals surface area contributed by atoms with E-state index in [-0.39, 0.29) is 5.56 Å². The molecule has 1 aliphatic rings. The van der Waals surface area contributed by atoms with Crippen molar-refractivity contribution < 1.29 is 23.4 Å². The van der Waals surface area contributed by atoms with Gasteiger partial charge in [-0.3, -0.25) is 0 Å². The molecule has 0 aromatic heterocycles. The second kappa shape index (κ2) is 6.52. The Labute approximate surface area is 111 Å². The molecular weight excluding hydrogens is 251 g/mol. The quantitative estimate of drug-likeness (QED) is 0.787. The summed E-state index contributed by atoms with van der Waals surface area (Å²) >= 11 is 0. The predicted octanol–water partition coefficient (Wildman–Crippen LogP) is 2.42. The largest absolute Gasteiger partial charge is 0.493 e. The maximum absolute atomic E-state index is 13.7. The smallest absolute Gasteiger partial charge is 0.340 e. The number of halogens is 1. The third kappa shape index (κ3) is 3.67. The van der Waals surface area contributed by atoms with Crippen molar-refractivity contribution in [3.63, 3.8) is 0 Å². The van der Waals surface area contributed by atoms with Crippen LogP contribution in [0.2, 0.25) is 0 Å². The number of carbonyl (C=O) groups excluding carboxylic acids is 1. The van der Waals surface area contributed by atoms with Crippen molar-refractivity contribution in [3.05, 3.63) is 29.6 Å². The Morgan fingerprint density at radius 2 is 2.16 bits per heavy atom. The molecule has 0 aliphatic carbocycles. The van der Waals surface area contributed by atoms with Crippen LogP contribution < -0.4 is 4.74 Å². The summed E-state index contributed by atoms with van der Waals surface area (Å²) in [4.78, 5) is 11.2. The molecule has 1 aromatic rings. The summed E-state index contributed by atoms with van der Waals surface area (Å²) in [5, 5.41) is 0. The van der Waals surface area contributed by atoms with Crippen LogP contribution in [0.4, 0.5) is 4.39 Å². The summed E-state index contributed by atoms with van der Waals surface area (Å²) in [5.74, 6) is -0.446. The van der Waals surface area contributed by atoms with Gasteiger partial charge in [-0.1, -0.05) is 0 Å². The molecule has 0 spiro atoms. The second-order valence-corrected chi connectivity index (χ2v) is 4.50. The van der Waals surface area contributed by atoms with Gasteiger partial charge in [0.25, 0.3) is 0 Å². The number of hydrogen-bond acceptors (Lipinski definition) is 4. The first-order valence-electron chi connectivity index (χ1n) is 6.29. The summed E-state index contributed by atoms with van der Waals surface area (Å²) in [6.45, 7) is 2.05. The van der Waals surface area contributed by atoms with E-state index in [1.54, 1.807) is 6.07 Å². The maximum atomic E-state index is 13.7. The van der Waals surface area contributed by atoms with Crippen LogP contribution in [0.25, 0.3) is 0 Å². The molecule has 4 nitrogen and oxygen atoms in total. The standard InChI is InChI=1S/C14H17FO4/c1-17-14(16)12-3-2-11(8-13(12)15)19-9-10-4-6-18-7-5-10/h2-3,8,10H,4-7,9H2,1H3. The predicted molar refractivity (Wildman–Crippen MR) is 66.8 cm³/mol. The zero-order valence-corrected chi connectivity index (χ0v) is 10.9. The normalized spacial score (nSPS) is 16.1. The van der Waals surface area contributed by atoms with Crippen LogP contribution in [0.15, 0.2) is 18.2 Å². The SMILES string of the molecule is COC(=O)c1ccc(OCC2CCOCC2)cc1F. The van der Waals surface area contributed by atoms with Crippen LogP contribution in [0.5, 0.6) is 5.75 Å². The van der Waals surface area contributed by atoms with Crippen LogP contribution in [-0.2, 0) is 9.47 Å². The molecule has 0 atom stereocenters. The van der Waals surface area contributed by atoms with Crippen molar-refractivity contribution in [1.29, 1.82) is 0 Å². The number of ether oxygens (including phenoxy) is 3. The molecular formula is C14H17FO4. The minimum absolute atomic E-state index is 0.0825. The highest BCUT2D eigenvalue weighted by Crippen LogP contribution is 2.20. The Balaban J connectivity index is 1.94. The third-order valence-electron chi connectivity index (χ3n) is 3.17. The van der Waals surface area contributed by atoms with Gasteiger partial charge >= 0.3 is 5.97 Å². The Bertz CT molecular complexity index is 441. The van der Waals surface area contributed by atoms with Gasteiger partial charge in [0.05, 0.1) is 19.3 Å². The van der Waals surface area contributed by atoms with Gasteiger partial charge in [-0.05, 0) is 30.9 Å². The summed E-state index contributed by atoms with van der Waals surface area (Å²) in [7, 11) is 1.22. The van der Waals surface area contributed by atoms with Gasteiger partial charge in [-0.15, -0.1) is 0 Å². The van der Waals surface area contributed by atoms with E-state index in [0.29, 0.717) is 18.3 Å².